The Labute approximate surface area is 182 Å². The molecule has 116 valence electrons. The minimum atomic E-state index is -2.44. The molecule has 0 aromatic heterocycles. The summed E-state index contributed by atoms with van der Waals surface area (Å²) in [7, 11) is 0. The van der Waals surface area contributed by atoms with Crippen molar-refractivity contribution in [2.45, 2.75) is 24.4 Å². The molecule has 22 heavy (non-hydrogen) atoms. The summed E-state index contributed by atoms with van der Waals surface area (Å²) < 4.78 is 0. The molecular weight excluding hydrogens is 368 g/mol. The van der Waals surface area contributed by atoms with Gasteiger partial charge in [-0.15, -0.1) is 0 Å². The van der Waals surface area contributed by atoms with E-state index in [4.69, 9.17) is 20.4 Å². The van der Waals surface area contributed by atoms with E-state index in [1.54, 1.807) is 0 Å². The standard InChI is InChI=1S/2C4H6O6.2Ca/c2*5-1(3(7)8)2(6)4(9)10;;/h2*1-2,5-6H,(H,7,8)(H,9,10);;/q;;2*+2/p-4. The number of carboxylic acids is 4. The SMILES string of the molecule is O=C([O-])C(O)C(O)C(=O)[O-].O=C([O-])C(O)C(O)C(=O)[O-].[Ca+2].[Ca+2]. The van der Waals surface area contributed by atoms with E-state index in [0.717, 1.165) is 0 Å². The normalized spacial score (nSPS) is 14.4. The Morgan fingerprint density at radius 3 is 0.636 bits per heavy atom. The molecule has 0 aliphatic carbocycles. The monoisotopic (exact) mass is 376 g/mol. The molecule has 0 fully saturated rings. The van der Waals surface area contributed by atoms with E-state index in [1.165, 1.54) is 0 Å². The zero-order valence-corrected chi connectivity index (χ0v) is 15.2. The number of carboxylic acid groups (broad SMARTS) is 4. The van der Waals surface area contributed by atoms with Crippen LogP contribution in [0.15, 0.2) is 0 Å². The van der Waals surface area contributed by atoms with Gasteiger partial charge < -0.3 is 60.0 Å². The van der Waals surface area contributed by atoms with Crippen molar-refractivity contribution >= 4 is 99.4 Å². The van der Waals surface area contributed by atoms with Crippen molar-refractivity contribution in [3.63, 3.8) is 0 Å². The average molecular weight is 376 g/mol. The molecule has 0 aliphatic rings. The summed E-state index contributed by atoms with van der Waals surface area (Å²) in [4.78, 5) is 38.5. The van der Waals surface area contributed by atoms with Crippen LogP contribution in [0, 0.1) is 0 Å². The van der Waals surface area contributed by atoms with Gasteiger partial charge in [0.25, 0.3) is 0 Å². The number of hydrogen-bond donors (Lipinski definition) is 4. The Balaban J connectivity index is -0.000000135. The molecule has 0 amide bonds. The summed E-state index contributed by atoms with van der Waals surface area (Å²) in [5.74, 6) is -8.23. The third-order valence-electron chi connectivity index (χ3n) is 1.56. The third kappa shape index (κ3) is 12.8. The second-order valence-corrected chi connectivity index (χ2v) is 3.06. The molecule has 4 N–H and O–H groups in total. The number of aliphatic hydroxyl groups excluding tert-OH is 4. The van der Waals surface area contributed by atoms with Crippen molar-refractivity contribution in [1.29, 1.82) is 0 Å². The number of aliphatic carboxylic acids is 4. The molecule has 0 aromatic carbocycles. The summed E-state index contributed by atoms with van der Waals surface area (Å²) in [5, 5.41) is 71.5. The van der Waals surface area contributed by atoms with Crippen molar-refractivity contribution in [2.24, 2.45) is 0 Å². The minimum absolute atomic E-state index is 0. The maximum Gasteiger partial charge on any atom is 2.00 e. The maximum absolute atomic E-state index is 9.63. The van der Waals surface area contributed by atoms with Crippen LogP contribution in [-0.4, -0.2) is 144 Å². The van der Waals surface area contributed by atoms with Gasteiger partial charge >= 0.3 is 75.5 Å². The molecule has 0 rings (SSSR count). The molecule has 0 aromatic rings. The molecule has 0 saturated carbocycles. The second-order valence-electron chi connectivity index (χ2n) is 3.06. The Morgan fingerprint density at radius 1 is 0.500 bits per heavy atom. The molecule has 4 unspecified atom stereocenters. The molecule has 0 radical (unpaired) electrons. The van der Waals surface area contributed by atoms with Gasteiger partial charge in [0.2, 0.25) is 0 Å². The molecule has 0 aliphatic heterocycles. The number of carbonyl (C=O) groups excluding carboxylic acids is 4. The molecular formula is C8H8Ca2O12. The largest absolute Gasteiger partial charge is 2.00 e. The van der Waals surface area contributed by atoms with Crippen LogP contribution in [0.25, 0.3) is 0 Å². The fourth-order valence-electron chi connectivity index (χ4n) is 0.516. The van der Waals surface area contributed by atoms with Gasteiger partial charge in [-0.1, -0.05) is 0 Å². The molecule has 0 heterocycles. The van der Waals surface area contributed by atoms with Crippen molar-refractivity contribution < 1.29 is 60.0 Å². The van der Waals surface area contributed by atoms with Crippen LogP contribution in [0.3, 0.4) is 0 Å². The summed E-state index contributed by atoms with van der Waals surface area (Å²) in [6.45, 7) is 0. The van der Waals surface area contributed by atoms with Crippen LogP contribution >= 0.6 is 0 Å². The van der Waals surface area contributed by atoms with Crippen LogP contribution in [0.2, 0.25) is 0 Å². The Kier molecular flexibility index (Phi) is 20.3. The topological polar surface area (TPSA) is 241 Å². The zero-order chi connectivity index (χ0) is 16.6. The van der Waals surface area contributed by atoms with E-state index in [9.17, 15) is 39.6 Å². The van der Waals surface area contributed by atoms with Gasteiger partial charge in [-0.25, -0.2) is 0 Å². The van der Waals surface area contributed by atoms with E-state index >= 15 is 0 Å². The smallest absolute Gasteiger partial charge is 0.547 e. The number of carbonyl (C=O) groups is 4. The van der Waals surface area contributed by atoms with Gasteiger partial charge in [-0.3, -0.25) is 0 Å². The van der Waals surface area contributed by atoms with Crippen molar-refractivity contribution in [3.05, 3.63) is 0 Å². The Bertz CT molecular complexity index is 313. The van der Waals surface area contributed by atoms with Crippen LogP contribution in [0.1, 0.15) is 0 Å². The number of aliphatic hydroxyl groups is 4. The first-order valence-electron chi connectivity index (χ1n) is 4.49. The molecule has 0 saturated heterocycles. The van der Waals surface area contributed by atoms with E-state index in [1.807, 2.05) is 0 Å². The van der Waals surface area contributed by atoms with E-state index in [2.05, 4.69) is 0 Å². The quantitative estimate of drug-likeness (QED) is 0.316. The molecule has 0 spiro atoms. The van der Waals surface area contributed by atoms with E-state index in [-0.39, 0.29) is 75.5 Å². The fourth-order valence-corrected chi connectivity index (χ4v) is 0.516. The summed E-state index contributed by atoms with van der Waals surface area (Å²) in [5.41, 5.74) is 0. The van der Waals surface area contributed by atoms with Crippen LogP contribution in [0.5, 0.6) is 0 Å². The molecule has 12 nitrogen and oxygen atoms in total. The fraction of sp³-hybridized carbons (Fsp3) is 0.500. The predicted octanol–water partition coefficient (Wildman–Crippen LogP) is -10.3. The first-order chi connectivity index (χ1) is 8.93. The minimum Gasteiger partial charge on any atom is -0.547 e. The summed E-state index contributed by atoms with van der Waals surface area (Å²) in [6, 6.07) is 0. The van der Waals surface area contributed by atoms with E-state index in [0.29, 0.717) is 0 Å². The third-order valence-corrected chi connectivity index (χ3v) is 1.56. The Morgan fingerprint density at radius 2 is 0.591 bits per heavy atom. The van der Waals surface area contributed by atoms with Crippen LogP contribution < -0.4 is 20.4 Å². The summed E-state index contributed by atoms with van der Waals surface area (Å²) >= 11 is 0. The van der Waals surface area contributed by atoms with Crippen molar-refractivity contribution in [2.75, 3.05) is 0 Å². The zero-order valence-electron chi connectivity index (χ0n) is 10.8. The van der Waals surface area contributed by atoms with Gasteiger partial charge in [0, 0.05) is 0 Å². The van der Waals surface area contributed by atoms with Crippen LogP contribution in [-0.2, 0) is 19.2 Å². The number of hydrogen-bond acceptors (Lipinski definition) is 12. The van der Waals surface area contributed by atoms with Gasteiger partial charge in [0.1, 0.15) is 24.4 Å². The van der Waals surface area contributed by atoms with Crippen molar-refractivity contribution in [3.8, 4) is 0 Å². The molecule has 4 atom stereocenters. The average Bonchev–Trinajstić information content (AvgIpc) is 2.35. The number of rotatable bonds is 6. The molecule has 0 bridgehead atoms. The Hall–Kier alpha value is 0.239. The first kappa shape index (κ1) is 30.2. The van der Waals surface area contributed by atoms with Gasteiger partial charge in [-0.2, -0.15) is 0 Å². The maximum atomic E-state index is 9.63. The molecule has 14 heteroatoms. The first-order valence-corrected chi connectivity index (χ1v) is 4.49. The van der Waals surface area contributed by atoms with Gasteiger partial charge in [-0.05, 0) is 0 Å². The van der Waals surface area contributed by atoms with E-state index < -0.39 is 48.3 Å². The van der Waals surface area contributed by atoms with Crippen molar-refractivity contribution in [1.82, 2.24) is 0 Å². The van der Waals surface area contributed by atoms with Crippen LogP contribution in [0.4, 0.5) is 0 Å². The second kappa shape index (κ2) is 14.8. The van der Waals surface area contributed by atoms with Gasteiger partial charge in [0.05, 0.1) is 23.9 Å². The van der Waals surface area contributed by atoms with Gasteiger partial charge in [0.15, 0.2) is 0 Å². The predicted molar refractivity (Wildman–Crippen MR) is 55.6 cm³/mol. The summed E-state index contributed by atoms with van der Waals surface area (Å²) in [6.07, 6.45) is -9.76.